The standard InChI is InChI=1S/C19H22N2O2/c1-12(20-18(22)16-11-13-6-7-15(16)10-13)19(23)21-9-8-14-4-2-3-5-17(14)21/h2-7,12-13,15-16H,8-11H2,1H3,(H,20,22)/t12-,13+,15+,16-/m1/s1. The van der Waals surface area contributed by atoms with Gasteiger partial charge in [-0.3, -0.25) is 9.59 Å². The van der Waals surface area contributed by atoms with Crippen molar-refractivity contribution in [3.63, 3.8) is 0 Å². The van der Waals surface area contributed by atoms with E-state index in [0.717, 1.165) is 24.9 Å². The highest BCUT2D eigenvalue weighted by Gasteiger charge is 2.40. The lowest BCUT2D eigenvalue weighted by Crippen LogP contribution is -2.48. The van der Waals surface area contributed by atoms with Gasteiger partial charge < -0.3 is 10.2 Å². The quantitative estimate of drug-likeness (QED) is 0.871. The highest BCUT2D eigenvalue weighted by molar-refractivity contribution is 6.00. The summed E-state index contributed by atoms with van der Waals surface area (Å²) in [5.74, 6) is 1.00. The van der Waals surface area contributed by atoms with Gasteiger partial charge in [-0.05, 0) is 49.7 Å². The van der Waals surface area contributed by atoms with E-state index < -0.39 is 6.04 Å². The maximum absolute atomic E-state index is 12.7. The topological polar surface area (TPSA) is 49.4 Å². The number of rotatable bonds is 3. The fourth-order valence-electron chi connectivity index (χ4n) is 4.27. The number of benzene rings is 1. The zero-order valence-corrected chi connectivity index (χ0v) is 13.4. The van der Waals surface area contributed by atoms with Gasteiger partial charge in [0.2, 0.25) is 11.8 Å². The lowest BCUT2D eigenvalue weighted by atomic mass is 9.92. The molecule has 0 spiro atoms. The van der Waals surface area contributed by atoms with Crippen LogP contribution in [-0.4, -0.2) is 24.4 Å². The van der Waals surface area contributed by atoms with Gasteiger partial charge in [-0.25, -0.2) is 0 Å². The molecule has 1 N–H and O–H groups in total. The summed E-state index contributed by atoms with van der Waals surface area (Å²) < 4.78 is 0. The highest BCUT2D eigenvalue weighted by Crippen LogP contribution is 2.43. The van der Waals surface area contributed by atoms with Crippen LogP contribution < -0.4 is 10.2 Å². The molecular weight excluding hydrogens is 288 g/mol. The fourth-order valence-corrected chi connectivity index (χ4v) is 4.27. The smallest absolute Gasteiger partial charge is 0.249 e. The van der Waals surface area contributed by atoms with Gasteiger partial charge in [-0.1, -0.05) is 30.4 Å². The van der Waals surface area contributed by atoms with Crippen LogP contribution in [0, 0.1) is 17.8 Å². The minimum atomic E-state index is -0.475. The van der Waals surface area contributed by atoms with E-state index in [9.17, 15) is 9.59 Å². The number of anilines is 1. The monoisotopic (exact) mass is 310 g/mol. The molecule has 0 unspecified atom stereocenters. The van der Waals surface area contributed by atoms with Gasteiger partial charge in [-0.15, -0.1) is 0 Å². The molecule has 4 heteroatoms. The second-order valence-corrected chi connectivity index (χ2v) is 6.99. The van der Waals surface area contributed by atoms with E-state index in [1.165, 1.54) is 5.56 Å². The maximum atomic E-state index is 12.7. The van der Waals surface area contributed by atoms with Gasteiger partial charge in [0.1, 0.15) is 6.04 Å². The molecule has 1 aromatic carbocycles. The van der Waals surface area contributed by atoms with Crippen molar-refractivity contribution in [3.8, 4) is 0 Å². The van der Waals surface area contributed by atoms with Crippen LogP contribution in [0.1, 0.15) is 25.3 Å². The normalized spacial score (nSPS) is 28.7. The molecule has 4 atom stereocenters. The Morgan fingerprint density at radius 3 is 2.78 bits per heavy atom. The third-order valence-electron chi connectivity index (χ3n) is 5.50. The van der Waals surface area contributed by atoms with Crippen molar-refractivity contribution in [2.24, 2.45) is 17.8 Å². The number of nitrogens with one attached hydrogen (secondary N) is 1. The van der Waals surface area contributed by atoms with Crippen LogP contribution in [0.5, 0.6) is 0 Å². The number of para-hydroxylation sites is 1. The first-order valence-corrected chi connectivity index (χ1v) is 8.51. The fraction of sp³-hybridized carbons (Fsp3) is 0.474. The Morgan fingerprint density at radius 1 is 1.22 bits per heavy atom. The number of hydrogen-bond acceptors (Lipinski definition) is 2. The summed E-state index contributed by atoms with van der Waals surface area (Å²) in [6.07, 6.45) is 7.31. The molecule has 1 saturated carbocycles. The second-order valence-electron chi connectivity index (χ2n) is 6.99. The maximum Gasteiger partial charge on any atom is 0.249 e. The predicted molar refractivity (Wildman–Crippen MR) is 88.9 cm³/mol. The third-order valence-corrected chi connectivity index (χ3v) is 5.50. The van der Waals surface area contributed by atoms with Gasteiger partial charge >= 0.3 is 0 Å². The van der Waals surface area contributed by atoms with Crippen LogP contribution in [-0.2, 0) is 16.0 Å². The number of carbonyl (C=O) groups excluding carboxylic acids is 2. The van der Waals surface area contributed by atoms with Crippen molar-refractivity contribution in [2.75, 3.05) is 11.4 Å². The van der Waals surface area contributed by atoms with E-state index >= 15 is 0 Å². The van der Waals surface area contributed by atoms with Crippen LogP contribution in [0.15, 0.2) is 36.4 Å². The number of allylic oxidation sites excluding steroid dienone is 2. The molecule has 0 saturated heterocycles. The number of nitrogens with zero attached hydrogens (tertiary/aromatic N) is 1. The van der Waals surface area contributed by atoms with Gasteiger partial charge in [0, 0.05) is 18.2 Å². The van der Waals surface area contributed by atoms with Crippen molar-refractivity contribution < 1.29 is 9.59 Å². The summed E-state index contributed by atoms with van der Waals surface area (Å²) in [5.41, 5.74) is 2.19. The zero-order chi connectivity index (χ0) is 16.0. The Labute approximate surface area is 136 Å². The van der Waals surface area contributed by atoms with E-state index in [-0.39, 0.29) is 17.7 Å². The van der Waals surface area contributed by atoms with E-state index in [2.05, 4.69) is 23.5 Å². The van der Waals surface area contributed by atoms with Crippen LogP contribution in [0.3, 0.4) is 0 Å². The van der Waals surface area contributed by atoms with Crippen LogP contribution >= 0.6 is 0 Å². The Hall–Kier alpha value is -2.10. The average molecular weight is 310 g/mol. The SMILES string of the molecule is C[C@@H](NC(=O)[C@@H]1C[C@H]2C=C[C@H]1C2)C(=O)N1CCc2ccccc21. The van der Waals surface area contributed by atoms with Crippen LogP contribution in [0.2, 0.25) is 0 Å². The summed E-state index contributed by atoms with van der Waals surface area (Å²) >= 11 is 0. The van der Waals surface area contributed by atoms with E-state index in [1.54, 1.807) is 11.8 Å². The molecule has 0 radical (unpaired) electrons. The number of hydrogen-bond donors (Lipinski definition) is 1. The summed E-state index contributed by atoms with van der Waals surface area (Å²) in [6.45, 7) is 2.50. The summed E-state index contributed by atoms with van der Waals surface area (Å²) in [6, 6.07) is 7.52. The third kappa shape index (κ3) is 2.46. The Kier molecular flexibility index (Phi) is 3.47. The second kappa shape index (κ2) is 5.52. The van der Waals surface area contributed by atoms with Crippen LogP contribution in [0.25, 0.3) is 0 Å². The zero-order valence-electron chi connectivity index (χ0n) is 13.4. The minimum absolute atomic E-state index is 0.0120. The Balaban J connectivity index is 1.41. The molecular formula is C19H22N2O2. The van der Waals surface area contributed by atoms with Gasteiger partial charge in [-0.2, -0.15) is 0 Å². The van der Waals surface area contributed by atoms with Crippen molar-refractivity contribution in [1.82, 2.24) is 5.32 Å². The molecule has 2 bridgehead atoms. The van der Waals surface area contributed by atoms with Crippen molar-refractivity contribution in [2.45, 2.75) is 32.2 Å². The molecule has 120 valence electrons. The molecule has 1 heterocycles. The Morgan fingerprint density at radius 2 is 2.04 bits per heavy atom. The van der Waals surface area contributed by atoms with E-state index in [4.69, 9.17) is 0 Å². The number of amides is 2. The molecule has 3 aliphatic rings. The highest BCUT2D eigenvalue weighted by atomic mass is 16.2. The lowest BCUT2D eigenvalue weighted by molar-refractivity contribution is -0.130. The number of carbonyl (C=O) groups is 2. The average Bonchev–Trinajstić information content (AvgIpc) is 3.28. The molecule has 2 aliphatic carbocycles. The molecule has 23 heavy (non-hydrogen) atoms. The molecule has 1 fully saturated rings. The molecule has 2 amide bonds. The van der Waals surface area contributed by atoms with Crippen molar-refractivity contribution in [3.05, 3.63) is 42.0 Å². The van der Waals surface area contributed by atoms with Crippen molar-refractivity contribution >= 4 is 17.5 Å². The molecule has 1 aromatic rings. The Bertz CT molecular complexity index is 682. The lowest BCUT2D eigenvalue weighted by Gasteiger charge is -2.25. The first-order valence-electron chi connectivity index (χ1n) is 8.51. The predicted octanol–water partition coefficient (Wildman–Crippen LogP) is 2.29. The number of fused-ring (bicyclic) bond motifs is 3. The molecule has 1 aliphatic heterocycles. The molecule has 4 nitrogen and oxygen atoms in total. The summed E-state index contributed by atoms with van der Waals surface area (Å²) in [4.78, 5) is 27.0. The first kappa shape index (κ1) is 14.5. The van der Waals surface area contributed by atoms with E-state index in [0.29, 0.717) is 18.4 Å². The van der Waals surface area contributed by atoms with Crippen molar-refractivity contribution in [1.29, 1.82) is 0 Å². The van der Waals surface area contributed by atoms with Gasteiger partial charge in [0.15, 0.2) is 0 Å². The summed E-state index contributed by atoms with van der Waals surface area (Å²) in [7, 11) is 0. The first-order chi connectivity index (χ1) is 11.1. The molecule has 0 aromatic heterocycles. The summed E-state index contributed by atoms with van der Waals surface area (Å²) in [5, 5.41) is 2.95. The van der Waals surface area contributed by atoms with Crippen LogP contribution in [0.4, 0.5) is 5.69 Å². The largest absolute Gasteiger partial charge is 0.344 e. The van der Waals surface area contributed by atoms with Gasteiger partial charge in [0.25, 0.3) is 0 Å². The van der Waals surface area contributed by atoms with Gasteiger partial charge in [0.05, 0.1) is 0 Å². The van der Waals surface area contributed by atoms with E-state index in [1.807, 2.05) is 18.2 Å². The molecule has 4 rings (SSSR count). The minimum Gasteiger partial charge on any atom is -0.344 e.